The van der Waals surface area contributed by atoms with Crippen LogP contribution in [0.1, 0.15) is 11.6 Å². The topological polar surface area (TPSA) is 41.0 Å². The maximum absolute atomic E-state index is 14.1. The van der Waals surface area contributed by atoms with Gasteiger partial charge in [-0.05, 0) is 44.4 Å². The fourth-order valence-corrected chi connectivity index (χ4v) is 2.73. The molecule has 0 amide bonds. The van der Waals surface area contributed by atoms with Gasteiger partial charge in [-0.1, -0.05) is 6.07 Å². The molecule has 0 radical (unpaired) electrons. The summed E-state index contributed by atoms with van der Waals surface area (Å²) in [6.45, 7) is 0.188. The van der Waals surface area contributed by atoms with Gasteiger partial charge in [0, 0.05) is 17.5 Å². The highest BCUT2D eigenvalue weighted by Crippen LogP contribution is 2.26. The van der Waals surface area contributed by atoms with Crippen LogP contribution in [0.25, 0.3) is 10.9 Å². The van der Waals surface area contributed by atoms with E-state index in [1.54, 1.807) is 25.1 Å². The van der Waals surface area contributed by atoms with E-state index in [2.05, 4.69) is 15.3 Å². The molecule has 130 valence electrons. The number of hydrogen-bond acceptors (Lipinski definition) is 4. The lowest BCUT2D eigenvalue weighted by Gasteiger charge is -2.26. The maximum Gasteiger partial charge on any atom is 0.137 e. The van der Waals surface area contributed by atoms with Crippen LogP contribution >= 0.6 is 0 Å². The van der Waals surface area contributed by atoms with Crippen LogP contribution in [0.3, 0.4) is 0 Å². The Morgan fingerprint density at radius 1 is 1.04 bits per heavy atom. The molecule has 3 aromatic rings. The van der Waals surface area contributed by atoms with Gasteiger partial charge in [-0.15, -0.1) is 0 Å². The molecule has 0 saturated carbocycles. The molecular weight excluding hydrogens is 329 g/mol. The minimum Gasteiger partial charge on any atom is -0.368 e. The minimum atomic E-state index is -0.612. The SMILES string of the molecule is CN(C)C(CNc1ncnc2ccc(F)cc12)c1c(F)cccc1F. The van der Waals surface area contributed by atoms with Gasteiger partial charge in [0.1, 0.15) is 29.6 Å². The van der Waals surface area contributed by atoms with E-state index < -0.39 is 23.5 Å². The van der Waals surface area contributed by atoms with E-state index >= 15 is 0 Å². The van der Waals surface area contributed by atoms with Crippen molar-refractivity contribution < 1.29 is 13.2 Å². The molecule has 1 atom stereocenters. The Labute approximate surface area is 143 Å². The van der Waals surface area contributed by atoms with Crippen LogP contribution in [-0.2, 0) is 0 Å². The van der Waals surface area contributed by atoms with E-state index in [9.17, 15) is 13.2 Å². The molecule has 1 unspecified atom stereocenters. The van der Waals surface area contributed by atoms with E-state index in [4.69, 9.17) is 0 Å². The molecule has 1 aromatic heterocycles. The molecule has 1 N–H and O–H groups in total. The highest BCUT2D eigenvalue weighted by Gasteiger charge is 2.22. The Hall–Kier alpha value is -2.67. The van der Waals surface area contributed by atoms with Gasteiger partial charge in [-0.25, -0.2) is 23.1 Å². The summed E-state index contributed by atoms with van der Waals surface area (Å²) in [7, 11) is 3.46. The molecule has 0 spiro atoms. The first-order valence-electron chi connectivity index (χ1n) is 7.72. The summed E-state index contributed by atoms with van der Waals surface area (Å²) in [5.41, 5.74) is 0.557. The number of fused-ring (bicyclic) bond motifs is 1. The molecule has 0 fully saturated rings. The maximum atomic E-state index is 14.1. The average molecular weight is 346 g/mol. The van der Waals surface area contributed by atoms with E-state index in [0.717, 1.165) is 0 Å². The molecule has 0 bridgehead atoms. The summed E-state index contributed by atoms with van der Waals surface area (Å²) in [5.74, 6) is -1.22. The van der Waals surface area contributed by atoms with Gasteiger partial charge < -0.3 is 10.2 Å². The number of hydrogen-bond donors (Lipinski definition) is 1. The number of aromatic nitrogens is 2. The Morgan fingerprint density at radius 3 is 2.44 bits per heavy atom. The summed E-state index contributed by atoms with van der Waals surface area (Å²) < 4.78 is 41.8. The molecule has 7 heteroatoms. The van der Waals surface area contributed by atoms with Gasteiger partial charge in [0.2, 0.25) is 0 Å². The molecule has 0 aliphatic rings. The second-order valence-corrected chi connectivity index (χ2v) is 5.88. The standard InChI is InChI=1S/C18H17F3N4/c1-25(2)16(17-13(20)4-3-5-14(17)21)9-22-18-12-8-11(19)6-7-15(12)23-10-24-18/h3-8,10,16H,9H2,1-2H3,(H,22,23,24). The lowest BCUT2D eigenvalue weighted by Crippen LogP contribution is -2.29. The number of halogens is 3. The molecule has 3 rings (SSSR count). The van der Waals surface area contributed by atoms with Gasteiger partial charge in [-0.3, -0.25) is 0 Å². The smallest absolute Gasteiger partial charge is 0.137 e. The average Bonchev–Trinajstić information content (AvgIpc) is 2.57. The quantitative estimate of drug-likeness (QED) is 0.764. The Bertz CT molecular complexity index is 878. The summed E-state index contributed by atoms with van der Waals surface area (Å²) in [4.78, 5) is 9.91. The van der Waals surface area contributed by atoms with Crippen molar-refractivity contribution in [2.45, 2.75) is 6.04 Å². The van der Waals surface area contributed by atoms with Crippen LogP contribution in [-0.4, -0.2) is 35.5 Å². The molecule has 0 aliphatic heterocycles. The first-order chi connectivity index (χ1) is 12.0. The molecular formula is C18H17F3N4. The highest BCUT2D eigenvalue weighted by atomic mass is 19.1. The van der Waals surface area contributed by atoms with Gasteiger partial charge in [0.25, 0.3) is 0 Å². The molecule has 0 saturated heterocycles. The summed E-state index contributed by atoms with van der Waals surface area (Å²) in [5, 5.41) is 3.56. The number of nitrogens with zero attached hydrogens (tertiary/aromatic N) is 3. The van der Waals surface area contributed by atoms with Crippen molar-refractivity contribution in [3.8, 4) is 0 Å². The number of rotatable bonds is 5. The van der Waals surface area contributed by atoms with Crippen LogP contribution in [0.5, 0.6) is 0 Å². The summed E-state index contributed by atoms with van der Waals surface area (Å²) >= 11 is 0. The molecule has 4 nitrogen and oxygen atoms in total. The molecule has 1 heterocycles. The zero-order valence-corrected chi connectivity index (χ0v) is 13.8. The Morgan fingerprint density at radius 2 is 1.76 bits per heavy atom. The molecule has 2 aromatic carbocycles. The molecule has 25 heavy (non-hydrogen) atoms. The van der Waals surface area contributed by atoms with Crippen molar-refractivity contribution in [1.29, 1.82) is 0 Å². The van der Waals surface area contributed by atoms with Crippen molar-refractivity contribution in [3.05, 3.63) is 65.7 Å². The lowest BCUT2D eigenvalue weighted by atomic mass is 10.0. The minimum absolute atomic E-state index is 0.0236. The third kappa shape index (κ3) is 3.56. The largest absolute Gasteiger partial charge is 0.368 e. The number of nitrogens with one attached hydrogen (secondary N) is 1. The van der Waals surface area contributed by atoms with Crippen molar-refractivity contribution in [3.63, 3.8) is 0 Å². The zero-order chi connectivity index (χ0) is 18.0. The fraction of sp³-hybridized carbons (Fsp3) is 0.222. The number of likely N-dealkylation sites (N-methyl/N-ethyl adjacent to an activating group) is 1. The lowest BCUT2D eigenvalue weighted by molar-refractivity contribution is 0.295. The van der Waals surface area contributed by atoms with E-state index in [0.29, 0.717) is 16.7 Å². The van der Waals surface area contributed by atoms with Crippen LogP contribution in [0.4, 0.5) is 19.0 Å². The third-order valence-corrected chi connectivity index (χ3v) is 4.02. The van der Waals surface area contributed by atoms with Crippen LogP contribution in [0.15, 0.2) is 42.7 Å². The van der Waals surface area contributed by atoms with Gasteiger partial charge in [0.15, 0.2) is 0 Å². The van der Waals surface area contributed by atoms with Crippen LogP contribution < -0.4 is 5.32 Å². The first-order valence-corrected chi connectivity index (χ1v) is 7.72. The summed E-state index contributed by atoms with van der Waals surface area (Å²) in [6, 6.07) is 7.41. The van der Waals surface area contributed by atoms with Crippen molar-refractivity contribution in [2.24, 2.45) is 0 Å². The Balaban J connectivity index is 1.92. The van der Waals surface area contributed by atoms with Crippen LogP contribution in [0.2, 0.25) is 0 Å². The predicted molar refractivity (Wildman–Crippen MR) is 90.8 cm³/mol. The zero-order valence-electron chi connectivity index (χ0n) is 13.8. The van der Waals surface area contributed by atoms with E-state index in [1.807, 2.05) is 0 Å². The van der Waals surface area contributed by atoms with Gasteiger partial charge >= 0.3 is 0 Å². The van der Waals surface area contributed by atoms with Gasteiger partial charge in [0.05, 0.1) is 11.6 Å². The monoisotopic (exact) mass is 346 g/mol. The summed E-state index contributed by atoms with van der Waals surface area (Å²) in [6.07, 6.45) is 1.36. The predicted octanol–water partition coefficient (Wildman–Crippen LogP) is 3.76. The number of benzene rings is 2. The fourth-order valence-electron chi connectivity index (χ4n) is 2.73. The van der Waals surface area contributed by atoms with Gasteiger partial charge in [-0.2, -0.15) is 0 Å². The van der Waals surface area contributed by atoms with E-state index in [-0.39, 0.29) is 12.1 Å². The van der Waals surface area contributed by atoms with Crippen molar-refractivity contribution in [2.75, 3.05) is 26.0 Å². The first kappa shape index (κ1) is 17.2. The molecule has 0 aliphatic carbocycles. The van der Waals surface area contributed by atoms with Crippen molar-refractivity contribution in [1.82, 2.24) is 14.9 Å². The Kier molecular flexibility index (Phi) is 4.85. The normalized spacial score (nSPS) is 12.6. The van der Waals surface area contributed by atoms with Crippen molar-refractivity contribution >= 4 is 16.7 Å². The second-order valence-electron chi connectivity index (χ2n) is 5.88. The second kappa shape index (κ2) is 7.06. The van der Waals surface area contributed by atoms with Crippen LogP contribution in [0, 0.1) is 17.5 Å². The third-order valence-electron chi connectivity index (χ3n) is 4.02. The highest BCUT2D eigenvalue weighted by molar-refractivity contribution is 5.88. The number of anilines is 1. The van der Waals surface area contributed by atoms with E-state index in [1.165, 1.54) is 36.7 Å².